The predicted molar refractivity (Wildman–Crippen MR) is 438 cm³/mol. The first-order valence-corrected chi connectivity index (χ1v) is 36.6. The number of halogens is 1. The highest BCUT2D eigenvalue weighted by molar-refractivity contribution is 9.10. The van der Waals surface area contributed by atoms with E-state index in [1.54, 1.807) is 0 Å². The summed E-state index contributed by atoms with van der Waals surface area (Å²) in [7, 11) is -1.53. The van der Waals surface area contributed by atoms with Gasteiger partial charge in [0.2, 0.25) is 0 Å². The molecule has 2 aromatic heterocycles. The summed E-state index contributed by atoms with van der Waals surface area (Å²) in [4.78, 5) is 0. The molecule has 2 spiro atoms. The summed E-state index contributed by atoms with van der Waals surface area (Å²) < 4.78 is 6.05. The SMILES string of the molecule is Brc1ccc2c3ccccc3c3ccccc3c2c1.OB(O)c1ccc2c(c1)C1(c3ccccc3-2)c2ccccc2-n2c3ccccc3c3cccc1c32.c1ccc2c(c1)-c1ccc(-c3ccc4c5ccccc5c5ccccc5c4c3)cc1C21c2ccccc2-n2c3ccccc3c3cccc1c32. The van der Waals surface area contributed by atoms with Gasteiger partial charge in [-0.25, -0.2) is 0 Å². The van der Waals surface area contributed by atoms with Crippen molar-refractivity contribution in [1.82, 2.24) is 9.13 Å². The maximum Gasteiger partial charge on any atom is 0.488 e. The van der Waals surface area contributed by atoms with E-state index in [0.29, 0.717) is 5.46 Å². The normalized spacial score (nSPS) is 15.3. The quantitative estimate of drug-likeness (QED) is 0.134. The van der Waals surface area contributed by atoms with Crippen LogP contribution in [-0.2, 0) is 10.8 Å². The highest BCUT2D eigenvalue weighted by atomic mass is 79.9. The lowest BCUT2D eigenvalue weighted by molar-refractivity contribution is 0.425. The molecule has 2 unspecified atom stereocenters. The number of nitrogens with zero attached hydrogens (tertiary/aromatic N) is 2. The van der Waals surface area contributed by atoms with E-state index in [2.05, 4.69) is 359 Å². The van der Waals surface area contributed by atoms with Crippen LogP contribution < -0.4 is 5.46 Å². The third-order valence-electron chi connectivity index (χ3n) is 23.5. The van der Waals surface area contributed by atoms with Crippen molar-refractivity contribution in [3.05, 3.63) is 401 Å². The average molecular weight is 1390 g/mol. The molecule has 484 valence electrons. The van der Waals surface area contributed by atoms with Crippen molar-refractivity contribution in [1.29, 1.82) is 0 Å². The van der Waals surface area contributed by atoms with Crippen LogP contribution in [0.15, 0.2) is 356 Å². The van der Waals surface area contributed by atoms with Crippen LogP contribution in [0.3, 0.4) is 0 Å². The van der Waals surface area contributed by atoms with Crippen molar-refractivity contribution in [3.8, 4) is 44.8 Å². The fourth-order valence-corrected chi connectivity index (χ4v) is 19.8. The van der Waals surface area contributed by atoms with E-state index in [9.17, 15) is 10.0 Å². The van der Waals surface area contributed by atoms with Gasteiger partial charge in [-0.3, -0.25) is 0 Å². The first-order chi connectivity index (χ1) is 51.4. The van der Waals surface area contributed by atoms with E-state index in [4.69, 9.17) is 0 Å². The molecular weight excluding hydrogens is 1330 g/mol. The van der Waals surface area contributed by atoms with Crippen molar-refractivity contribution in [2.45, 2.75) is 10.8 Å². The predicted octanol–water partition coefficient (Wildman–Crippen LogP) is 23.6. The molecule has 2 N–H and O–H groups in total. The summed E-state index contributed by atoms with van der Waals surface area (Å²) in [5.41, 5.74) is 24.5. The first kappa shape index (κ1) is 59.3. The van der Waals surface area contributed by atoms with Gasteiger partial charge in [0, 0.05) is 26.0 Å². The van der Waals surface area contributed by atoms with Crippen LogP contribution in [0.4, 0.5) is 0 Å². The Balaban J connectivity index is 0.000000109. The molecule has 0 bridgehead atoms. The molecule has 0 fully saturated rings. The van der Waals surface area contributed by atoms with E-state index in [0.717, 1.165) is 21.3 Å². The van der Waals surface area contributed by atoms with E-state index >= 15 is 0 Å². The molecule has 4 heterocycles. The van der Waals surface area contributed by atoms with E-state index in [-0.39, 0.29) is 0 Å². The van der Waals surface area contributed by atoms with Crippen molar-refractivity contribution in [2.24, 2.45) is 0 Å². The zero-order chi connectivity index (χ0) is 68.7. The standard InChI is InChI=1S/C49H29N.C31H20BNO2.C18H11Br/c1-2-14-34-32(12-1)33-13-3-4-15-35(33)41-28-30(24-26-36(34)41)31-25-27-38-37-16-5-7-19-42(37)49(45(38)29-31)43-20-8-10-23-47(43)50-46-22-9-6-17-39(46)40-18-11-21-44(49)48(40)50;34-32(35)19-16-17-21-20-8-1-3-11-24(20)31(27(21)18-19)25-12-4-6-15-29(25)33-28-14-5-2-9-22(28)23-10-7-13-26(31)30(23)33;19-12-9-10-17-15-7-2-1-5-13(15)14-6-3-4-8-16(14)18(17)11-12/h1-29H;1-18,34-35H;1-11H. The lowest BCUT2D eigenvalue weighted by Gasteiger charge is -2.39. The van der Waals surface area contributed by atoms with Gasteiger partial charge in [-0.2, -0.15) is 0 Å². The smallest absolute Gasteiger partial charge is 0.423 e. The Kier molecular flexibility index (Phi) is 12.7. The number of para-hydroxylation sites is 6. The molecular formula is C98H60BBrN2O2. The maximum absolute atomic E-state index is 10.1. The first-order valence-electron chi connectivity index (χ1n) is 35.8. The molecule has 24 rings (SSSR count). The maximum atomic E-state index is 10.1. The van der Waals surface area contributed by atoms with Crippen LogP contribution in [0.25, 0.3) is 153 Å². The zero-order valence-corrected chi connectivity index (χ0v) is 57.8. The summed E-state index contributed by atoms with van der Waals surface area (Å²) in [5.74, 6) is 0. The monoisotopic (exact) mass is 1390 g/mol. The number of fused-ring (bicyclic) bond motifs is 36. The lowest BCUT2D eigenvalue weighted by Crippen LogP contribution is -2.36. The van der Waals surface area contributed by atoms with Crippen molar-refractivity contribution in [2.75, 3.05) is 0 Å². The van der Waals surface area contributed by atoms with Crippen molar-refractivity contribution >= 4 is 137 Å². The van der Waals surface area contributed by atoms with Gasteiger partial charge in [0.25, 0.3) is 0 Å². The topological polar surface area (TPSA) is 50.3 Å². The van der Waals surface area contributed by atoms with E-state index < -0.39 is 17.9 Å². The molecule has 2 aliphatic carbocycles. The molecule has 2 atom stereocenters. The van der Waals surface area contributed by atoms with Crippen LogP contribution >= 0.6 is 15.9 Å². The Morgan fingerprint density at radius 3 is 1.04 bits per heavy atom. The molecule has 4 nitrogen and oxygen atoms in total. The minimum atomic E-state index is -1.53. The molecule has 0 radical (unpaired) electrons. The fraction of sp³-hybridized carbons (Fsp3) is 0.0204. The molecule has 2 aliphatic heterocycles. The second-order valence-electron chi connectivity index (χ2n) is 28.3. The van der Waals surface area contributed by atoms with Gasteiger partial charge in [0.05, 0.1) is 44.3 Å². The average Bonchev–Trinajstić information content (AvgIpc) is 1.49. The van der Waals surface area contributed by atoms with Crippen molar-refractivity contribution < 1.29 is 10.0 Å². The summed E-state index contributed by atoms with van der Waals surface area (Å²) in [6, 6.07) is 128. The van der Waals surface area contributed by atoms with Crippen LogP contribution in [0.5, 0.6) is 0 Å². The number of aromatic nitrogens is 2. The van der Waals surface area contributed by atoms with Gasteiger partial charge in [-0.15, -0.1) is 0 Å². The largest absolute Gasteiger partial charge is 0.488 e. The van der Waals surface area contributed by atoms with Gasteiger partial charge < -0.3 is 19.2 Å². The van der Waals surface area contributed by atoms with Crippen LogP contribution in [0, 0.1) is 0 Å². The van der Waals surface area contributed by atoms with E-state index in [1.807, 2.05) is 18.2 Å². The molecule has 6 heteroatoms. The number of hydrogen-bond donors (Lipinski definition) is 2. The molecule has 18 aromatic carbocycles. The van der Waals surface area contributed by atoms with Gasteiger partial charge in [0.15, 0.2) is 0 Å². The molecule has 0 saturated carbocycles. The second kappa shape index (κ2) is 22.3. The number of benzene rings is 18. The summed E-state index contributed by atoms with van der Waals surface area (Å²) in [6.07, 6.45) is 0. The van der Waals surface area contributed by atoms with Crippen LogP contribution in [0.2, 0.25) is 0 Å². The Labute approximate surface area is 608 Å². The lowest BCUT2D eigenvalue weighted by atomic mass is 9.64. The Hall–Kier alpha value is -12.4. The van der Waals surface area contributed by atoms with Crippen LogP contribution in [-0.4, -0.2) is 26.3 Å². The molecule has 0 saturated heterocycles. The molecule has 0 amide bonds. The number of hydrogen-bond acceptors (Lipinski definition) is 2. The third kappa shape index (κ3) is 7.94. The van der Waals surface area contributed by atoms with Crippen LogP contribution in [0.1, 0.15) is 44.5 Å². The summed E-state index contributed by atoms with van der Waals surface area (Å²) in [5, 5.41) is 41.0. The molecule has 4 aliphatic rings. The van der Waals surface area contributed by atoms with Gasteiger partial charge in [-0.05, 0) is 197 Å². The fourth-order valence-electron chi connectivity index (χ4n) is 19.4. The van der Waals surface area contributed by atoms with Gasteiger partial charge in [0.1, 0.15) is 0 Å². The highest BCUT2D eigenvalue weighted by Gasteiger charge is 2.53. The Bertz CT molecular complexity index is 7070. The molecule has 20 aromatic rings. The van der Waals surface area contributed by atoms with E-state index in [1.165, 1.54) is 181 Å². The third-order valence-corrected chi connectivity index (χ3v) is 24.0. The Morgan fingerprint density at radius 1 is 0.231 bits per heavy atom. The molecule has 104 heavy (non-hydrogen) atoms. The second-order valence-corrected chi connectivity index (χ2v) is 29.2. The highest BCUT2D eigenvalue weighted by Crippen LogP contribution is 2.63. The minimum absolute atomic E-state index is 0.456. The summed E-state index contributed by atoms with van der Waals surface area (Å²) >= 11 is 3.58. The summed E-state index contributed by atoms with van der Waals surface area (Å²) in [6.45, 7) is 0. The Morgan fingerprint density at radius 2 is 0.558 bits per heavy atom. The minimum Gasteiger partial charge on any atom is -0.423 e. The zero-order valence-electron chi connectivity index (χ0n) is 56.2. The van der Waals surface area contributed by atoms with Gasteiger partial charge >= 0.3 is 7.12 Å². The van der Waals surface area contributed by atoms with Gasteiger partial charge in [-0.1, -0.05) is 319 Å². The van der Waals surface area contributed by atoms with Crippen molar-refractivity contribution in [3.63, 3.8) is 0 Å². The number of rotatable bonds is 2.